The molecule has 2 amide bonds. The SMILES string of the molecule is C.CCCCCCCCCCCCCC(=O)Nc1ccc(Cl)c(N=C2NN(c3c(Cl)cc(Cl)cc3Cl)C(=O)C2=Nc2ccc(N(CC)CCNS(C)(=O)=O)cc2C)c1. The van der Waals surface area contributed by atoms with Gasteiger partial charge in [0, 0.05) is 42.5 Å². The van der Waals surface area contributed by atoms with E-state index in [1.165, 1.54) is 63.5 Å². The van der Waals surface area contributed by atoms with E-state index in [0.29, 0.717) is 35.9 Å². The molecule has 1 aliphatic rings. The number of halogens is 4. The van der Waals surface area contributed by atoms with Crippen molar-refractivity contribution in [1.29, 1.82) is 0 Å². The number of rotatable bonds is 22. The molecule has 3 N–H and O–H groups in total. The number of amides is 2. The molecule has 0 aromatic heterocycles. The first-order chi connectivity index (χ1) is 27.2. The number of benzene rings is 3. The second kappa shape index (κ2) is 24.0. The Labute approximate surface area is 365 Å². The molecule has 1 aliphatic heterocycles. The fourth-order valence-corrected chi connectivity index (χ4v) is 8.00. The lowest BCUT2D eigenvalue weighted by Crippen LogP contribution is -2.36. The fraction of sp³-hybridized carbons (Fsp3) is 0.476. The number of carbonyl (C=O) groups excluding carboxylic acids is 2. The minimum atomic E-state index is -3.32. The topological polar surface area (TPSA) is 136 Å². The molecule has 0 radical (unpaired) electrons. The smallest absolute Gasteiger partial charge is 0.299 e. The van der Waals surface area contributed by atoms with E-state index in [2.05, 4.69) is 22.4 Å². The van der Waals surface area contributed by atoms with E-state index in [9.17, 15) is 18.0 Å². The van der Waals surface area contributed by atoms with Crippen LogP contribution >= 0.6 is 46.4 Å². The summed E-state index contributed by atoms with van der Waals surface area (Å²) in [6.07, 6.45) is 14.7. The number of hydrazine groups is 1. The zero-order valence-corrected chi connectivity index (χ0v) is 36.9. The lowest BCUT2D eigenvalue weighted by Gasteiger charge is -2.23. The van der Waals surface area contributed by atoms with Crippen LogP contribution in [0.2, 0.25) is 20.1 Å². The van der Waals surface area contributed by atoms with Gasteiger partial charge in [-0.2, -0.15) is 0 Å². The lowest BCUT2D eigenvalue weighted by molar-refractivity contribution is -0.116. The van der Waals surface area contributed by atoms with Crippen LogP contribution in [-0.2, 0) is 19.6 Å². The first kappa shape index (κ1) is 49.0. The van der Waals surface area contributed by atoms with Crippen LogP contribution in [-0.4, -0.2) is 57.7 Å². The normalized spacial score (nSPS) is 14.2. The summed E-state index contributed by atoms with van der Waals surface area (Å²) in [6, 6.07) is 13.5. The number of anilines is 3. The molecule has 1 fully saturated rings. The van der Waals surface area contributed by atoms with E-state index in [0.717, 1.165) is 41.8 Å². The predicted molar refractivity (Wildman–Crippen MR) is 246 cm³/mol. The van der Waals surface area contributed by atoms with Gasteiger partial charge in [-0.1, -0.05) is 125 Å². The molecule has 0 aliphatic carbocycles. The molecule has 0 unspecified atom stereocenters. The van der Waals surface area contributed by atoms with Crippen molar-refractivity contribution in [2.75, 3.05) is 41.1 Å². The van der Waals surface area contributed by atoms with Crippen LogP contribution in [0.5, 0.6) is 0 Å². The maximum atomic E-state index is 14.1. The molecule has 3 aromatic rings. The van der Waals surface area contributed by atoms with Crippen molar-refractivity contribution in [2.45, 2.75) is 105 Å². The molecule has 11 nitrogen and oxygen atoms in total. The number of carbonyl (C=O) groups is 2. The summed E-state index contributed by atoms with van der Waals surface area (Å²) < 4.78 is 25.7. The number of unbranched alkanes of at least 4 members (excludes halogenated alkanes) is 10. The van der Waals surface area contributed by atoms with Gasteiger partial charge in [-0.05, 0) is 74.4 Å². The van der Waals surface area contributed by atoms with Gasteiger partial charge in [0.1, 0.15) is 5.69 Å². The molecule has 0 atom stereocenters. The molecule has 0 bridgehead atoms. The molecule has 16 heteroatoms. The van der Waals surface area contributed by atoms with Crippen LogP contribution in [0.1, 0.15) is 104 Å². The van der Waals surface area contributed by atoms with E-state index < -0.39 is 15.9 Å². The second-order valence-corrected chi connectivity index (χ2v) is 17.6. The quantitative estimate of drug-likeness (QED) is 0.0860. The standard InChI is InChI=1S/C41H53Cl4N7O4S.CH4/c1-5-7-8-9-10-11-12-13-14-15-16-17-37(53)47-30-18-20-32(43)36(27-30)49-40-38(41(54)52(50-40)39-33(44)25-29(42)26-34(39)45)48-35-21-19-31(24-28(35)3)51(6-2)23-22-46-57(4,55)56;/h18-21,24-27,46H,5-17,22-23H2,1-4H3,(H,47,53)(H,49,50);1H4. The molecule has 1 heterocycles. The van der Waals surface area contributed by atoms with Crippen LogP contribution in [0.25, 0.3) is 0 Å². The summed E-state index contributed by atoms with van der Waals surface area (Å²) in [5, 5.41) is 4.93. The van der Waals surface area contributed by atoms with Crippen molar-refractivity contribution >= 4 is 108 Å². The molecular weight excluding hydrogens is 840 g/mol. The Morgan fingerprint density at radius 2 is 1.43 bits per heavy atom. The van der Waals surface area contributed by atoms with Crippen molar-refractivity contribution in [2.24, 2.45) is 9.98 Å². The Morgan fingerprint density at radius 1 is 0.810 bits per heavy atom. The van der Waals surface area contributed by atoms with Gasteiger partial charge in [-0.25, -0.2) is 28.1 Å². The second-order valence-electron chi connectivity index (χ2n) is 14.1. The lowest BCUT2D eigenvalue weighted by atomic mass is 10.1. The number of nitrogens with zero attached hydrogens (tertiary/aromatic N) is 4. The van der Waals surface area contributed by atoms with Crippen LogP contribution in [0.3, 0.4) is 0 Å². The first-order valence-corrected chi connectivity index (χ1v) is 22.9. The van der Waals surface area contributed by atoms with Gasteiger partial charge in [0.05, 0.1) is 32.7 Å². The highest BCUT2D eigenvalue weighted by atomic mass is 35.5. The number of hydrogen-bond donors (Lipinski definition) is 3. The monoisotopic (exact) mass is 895 g/mol. The van der Waals surface area contributed by atoms with Gasteiger partial charge < -0.3 is 10.2 Å². The van der Waals surface area contributed by atoms with Crippen molar-refractivity contribution < 1.29 is 18.0 Å². The average Bonchev–Trinajstić information content (AvgIpc) is 3.43. The number of sulfonamides is 1. The number of aryl methyl sites for hydroxylation is 1. The summed E-state index contributed by atoms with van der Waals surface area (Å²) in [6.45, 7) is 7.40. The number of amidine groups is 1. The largest absolute Gasteiger partial charge is 0.370 e. The van der Waals surface area contributed by atoms with E-state index in [-0.39, 0.29) is 57.9 Å². The van der Waals surface area contributed by atoms with Crippen LogP contribution in [0.4, 0.5) is 28.4 Å². The number of likely N-dealkylation sites (N-methyl/N-ethyl adjacent to an activating group) is 1. The maximum Gasteiger partial charge on any atom is 0.299 e. The third kappa shape index (κ3) is 15.0. The highest BCUT2D eigenvalue weighted by Crippen LogP contribution is 2.38. The van der Waals surface area contributed by atoms with Crippen molar-refractivity contribution in [3.63, 3.8) is 0 Å². The summed E-state index contributed by atoms with van der Waals surface area (Å²) in [5.74, 6) is -0.620. The van der Waals surface area contributed by atoms with E-state index >= 15 is 0 Å². The summed E-state index contributed by atoms with van der Waals surface area (Å²) in [4.78, 5) is 38.5. The van der Waals surface area contributed by atoms with E-state index in [1.54, 1.807) is 24.3 Å². The molecule has 1 saturated heterocycles. The van der Waals surface area contributed by atoms with Gasteiger partial charge in [-0.15, -0.1) is 0 Å². The average molecular weight is 898 g/mol. The Bertz CT molecular complexity index is 2020. The molecule has 4 rings (SSSR count). The Balaban J connectivity index is 0.00000900. The van der Waals surface area contributed by atoms with E-state index in [4.69, 9.17) is 56.4 Å². The number of nitrogens with one attached hydrogen (secondary N) is 3. The van der Waals surface area contributed by atoms with Crippen molar-refractivity contribution in [1.82, 2.24) is 10.1 Å². The third-order valence-corrected chi connectivity index (χ3v) is 11.3. The fourth-order valence-electron chi connectivity index (χ4n) is 6.39. The highest BCUT2D eigenvalue weighted by Gasteiger charge is 2.37. The summed E-state index contributed by atoms with van der Waals surface area (Å²) in [7, 11) is -3.32. The van der Waals surface area contributed by atoms with Gasteiger partial charge in [0.2, 0.25) is 15.9 Å². The van der Waals surface area contributed by atoms with Gasteiger partial charge in [0.15, 0.2) is 11.5 Å². The van der Waals surface area contributed by atoms with Gasteiger partial charge >= 0.3 is 0 Å². The minimum Gasteiger partial charge on any atom is -0.370 e. The molecule has 318 valence electrons. The number of hydrogen-bond acceptors (Lipinski definition) is 7. The van der Waals surface area contributed by atoms with Crippen LogP contribution in [0.15, 0.2) is 58.5 Å². The summed E-state index contributed by atoms with van der Waals surface area (Å²) in [5.41, 5.74) is 6.02. The number of aliphatic imine (C=N–C) groups is 2. The molecule has 3 aromatic carbocycles. The predicted octanol–water partition coefficient (Wildman–Crippen LogP) is 11.6. The minimum absolute atomic E-state index is 0. The summed E-state index contributed by atoms with van der Waals surface area (Å²) >= 11 is 25.9. The van der Waals surface area contributed by atoms with Crippen molar-refractivity contribution in [3.8, 4) is 0 Å². The zero-order chi connectivity index (χ0) is 41.5. The van der Waals surface area contributed by atoms with Gasteiger partial charge in [-0.3, -0.25) is 15.0 Å². The molecular formula is C42H57Cl4N7O4S. The highest BCUT2D eigenvalue weighted by molar-refractivity contribution is 7.88. The molecule has 0 spiro atoms. The van der Waals surface area contributed by atoms with Crippen LogP contribution < -0.4 is 25.4 Å². The Morgan fingerprint density at radius 3 is 2.02 bits per heavy atom. The first-order valence-electron chi connectivity index (χ1n) is 19.5. The van der Waals surface area contributed by atoms with Crippen LogP contribution in [0, 0.1) is 6.92 Å². The van der Waals surface area contributed by atoms with E-state index in [1.807, 2.05) is 30.9 Å². The Kier molecular flexibility index (Phi) is 20.3. The van der Waals surface area contributed by atoms with Gasteiger partial charge in [0.25, 0.3) is 5.91 Å². The molecule has 0 saturated carbocycles. The third-order valence-electron chi connectivity index (χ3n) is 9.43. The molecule has 58 heavy (non-hydrogen) atoms. The zero-order valence-electron chi connectivity index (χ0n) is 33.1. The van der Waals surface area contributed by atoms with Crippen molar-refractivity contribution in [3.05, 3.63) is 74.2 Å². The maximum absolute atomic E-state index is 14.1. The Hall–Kier alpha value is -3.39.